The Balaban J connectivity index is 1.58. The van der Waals surface area contributed by atoms with Gasteiger partial charge in [0.05, 0.1) is 32.1 Å². The third kappa shape index (κ3) is 3.74. The third-order valence-electron chi connectivity index (χ3n) is 6.51. The summed E-state index contributed by atoms with van der Waals surface area (Å²) in [5, 5.41) is 9.84. The van der Waals surface area contributed by atoms with E-state index in [4.69, 9.17) is 9.47 Å². The Labute approximate surface area is 161 Å². The topological polar surface area (TPSA) is 45.2 Å². The molecule has 150 valence electrons. The van der Waals surface area contributed by atoms with Crippen LogP contribution in [0, 0.1) is 11.8 Å². The molecule has 2 fully saturated rings. The van der Waals surface area contributed by atoms with Crippen molar-refractivity contribution in [2.75, 3.05) is 33.0 Å². The predicted octanol–water partition coefficient (Wildman–Crippen LogP) is 3.65. The molecule has 0 aromatic heterocycles. The molecule has 5 heteroatoms. The average Bonchev–Trinajstić information content (AvgIpc) is 3.42. The number of aliphatic hydroxyl groups excluding tert-OH is 1. The summed E-state index contributed by atoms with van der Waals surface area (Å²) in [6.45, 7) is 7.57. The van der Waals surface area contributed by atoms with Crippen LogP contribution in [0.4, 0.5) is 4.39 Å². The lowest BCUT2D eigenvalue weighted by molar-refractivity contribution is 0.0224. The SMILES string of the molecule is CC(C)C[C@@H]1CN2CCc3cc(OCCCF)c(CO)cc3[C@H]2C[C@]12CO2. The number of fused-ring (bicyclic) bond motifs is 3. The number of benzene rings is 1. The molecule has 0 aliphatic carbocycles. The van der Waals surface area contributed by atoms with Gasteiger partial charge in [0.2, 0.25) is 0 Å². The Morgan fingerprint density at radius 3 is 2.89 bits per heavy atom. The van der Waals surface area contributed by atoms with Gasteiger partial charge >= 0.3 is 0 Å². The molecule has 0 unspecified atom stereocenters. The van der Waals surface area contributed by atoms with Crippen molar-refractivity contribution in [1.29, 1.82) is 0 Å². The number of epoxide rings is 1. The van der Waals surface area contributed by atoms with Gasteiger partial charge in [-0.2, -0.15) is 0 Å². The summed E-state index contributed by atoms with van der Waals surface area (Å²) < 4.78 is 24.2. The van der Waals surface area contributed by atoms with E-state index in [1.54, 1.807) is 0 Å². The van der Waals surface area contributed by atoms with E-state index in [9.17, 15) is 9.50 Å². The van der Waals surface area contributed by atoms with Crippen LogP contribution in [-0.4, -0.2) is 48.6 Å². The maximum absolute atomic E-state index is 12.4. The zero-order chi connectivity index (χ0) is 19.0. The van der Waals surface area contributed by atoms with E-state index in [2.05, 4.69) is 30.9 Å². The minimum atomic E-state index is -0.379. The molecule has 3 aliphatic rings. The molecule has 3 atom stereocenters. The Morgan fingerprint density at radius 1 is 1.41 bits per heavy atom. The molecule has 4 nitrogen and oxygen atoms in total. The van der Waals surface area contributed by atoms with Gasteiger partial charge in [0.15, 0.2) is 0 Å². The molecule has 1 N–H and O–H groups in total. The van der Waals surface area contributed by atoms with Gasteiger partial charge in [-0.3, -0.25) is 9.29 Å². The van der Waals surface area contributed by atoms with Gasteiger partial charge in [-0.15, -0.1) is 0 Å². The standard InChI is InChI=1S/C22H32FNO3/c1-15(2)8-18-12-24-6-4-16-10-21(26-7-3-5-23)17(13-25)9-19(16)20(24)11-22(18)14-27-22/h9-10,15,18,20,25H,3-8,11-14H2,1-2H3/t18-,20-,22+/m1/s1. The van der Waals surface area contributed by atoms with Crippen LogP contribution in [0.5, 0.6) is 5.75 Å². The maximum atomic E-state index is 12.4. The molecule has 1 spiro atoms. The summed E-state index contributed by atoms with van der Waals surface area (Å²) in [6, 6.07) is 4.57. The first-order valence-corrected chi connectivity index (χ1v) is 10.4. The second-order valence-corrected chi connectivity index (χ2v) is 8.85. The summed E-state index contributed by atoms with van der Waals surface area (Å²) in [5.74, 6) is 2.02. The first kappa shape index (κ1) is 19.2. The quantitative estimate of drug-likeness (QED) is 0.582. The smallest absolute Gasteiger partial charge is 0.125 e. The van der Waals surface area contributed by atoms with Crippen LogP contribution in [0.2, 0.25) is 0 Å². The molecule has 3 aliphatic heterocycles. The molecule has 2 saturated heterocycles. The molecule has 0 saturated carbocycles. The number of hydrogen-bond donors (Lipinski definition) is 1. The van der Waals surface area contributed by atoms with Crippen molar-refractivity contribution in [3.8, 4) is 5.75 Å². The molecule has 1 aromatic carbocycles. The lowest BCUT2D eigenvalue weighted by Crippen LogP contribution is -2.50. The number of rotatable bonds is 7. The van der Waals surface area contributed by atoms with Crippen LogP contribution in [0.1, 0.15) is 55.8 Å². The number of piperidine rings is 1. The van der Waals surface area contributed by atoms with Crippen molar-refractivity contribution in [3.05, 3.63) is 28.8 Å². The Kier molecular flexibility index (Phi) is 5.45. The van der Waals surface area contributed by atoms with E-state index < -0.39 is 0 Å². The highest BCUT2D eigenvalue weighted by molar-refractivity contribution is 5.46. The molecule has 27 heavy (non-hydrogen) atoms. The summed E-state index contributed by atoms with van der Waals surface area (Å²) in [5.41, 5.74) is 3.50. The van der Waals surface area contributed by atoms with Crippen molar-refractivity contribution in [2.45, 2.75) is 57.8 Å². The number of aliphatic hydroxyl groups is 1. The minimum absolute atomic E-state index is 0.0530. The Hall–Kier alpha value is -1.17. The van der Waals surface area contributed by atoms with Crippen molar-refractivity contribution >= 4 is 0 Å². The number of alkyl halides is 1. The zero-order valence-corrected chi connectivity index (χ0v) is 16.5. The molecular formula is C22H32FNO3. The highest BCUT2D eigenvalue weighted by atomic mass is 19.1. The van der Waals surface area contributed by atoms with Crippen LogP contribution in [0.15, 0.2) is 12.1 Å². The Morgan fingerprint density at radius 2 is 2.22 bits per heavy atom. The first-order valence-electron chi connectivity index (χ1n) is 10.4. The number of nitrogens with zero attached hydrogens (tertiary/aromatic N) is 1. The van der Waals surface area contributed by atoms with E-state index in [1.165, 1.54) is 17.5 Å². The van der Waals surface area contributed by atoms with E-state index >= 15 is 0 Å². The van der Waals surface area contributed by atoms with Crippen LogP contribution in [0.3, 0.4) is 0 Å². The van der Waals surface area contributed by atoms with E-state index in [-0.39, 0.29) is 18.9 Å². The molecule has 3 heterocycles. The number of halogens is 1. The van der Waals surface area contributed by atoms with Crippen molar-refractivity contribution in [1.82, 2.24) is 4.90 Å². The van der Waals surface area contributed by atoms with Gasteiger partial charge in [-0.1, -0.05) is 13.8 Å². The van der Waals surface area contributed by atoms with Crippen molar-refractivity contribution in [3.63, 3.8) is 0 Å². The summed E-state index contributed by atoms with van der Waals surface area (Å²) in [7, 11) is 0. The molecular weight excluding hydrogens is 345 g/mol. The van der Waals surface area contributed by atoms with Gasteiger partial charge in [0, 0.05) is 37.0 Å². The molecule has 4 rings (SSSR count). The predicted molar refractivity (Wildman–Crippen MR) is 103 cm³/mol. The third-order valence-corrected chi connectivity index (χ3v) is 6.51. The fourth-order valence-electron chi connectivity index (χ4n) is 5.03. The van der Waals surface area contributed by atoms with Gasteiger partial charge in [-0.05, 0) is 48.4 Å². The van der Waals surface area contributed by atoms with E-state index in [0.717, 1.165) is 38.1 Å². The fourth-order valence-corrected chi connectivity index (χ4v) is 5.03. The molecule has 0 radical (unpaired) electrons. The highest BCUT2D eigenvalue weighted by Crippen LogP contribution is 2.52. The molecule has 0 amide bonds. The summed E-state index contributed by atoms with van der Waals surface area (Å²) >= 11 is 0. The lowest BCUT2D eigenvalue weighted by Gasteiger charge is -2.47. The highest BCUT2D eigenvalue weighted by Gasteiger charge is 2.57. The second-order valence-electron chi connectivity index (χ2n) is 8.85. The summed E-state index contributed by atoms with van der Waals surface area (Å²) in [4.78, 5) is 2.62. The largest absolute Gasteiger partial charge is 0.493 e. The second kappa shape index (κ2) is 7.69. The zero-order valence-electron chi connectivity index (χ0n) is 16.5. The first-order chi connectivity index (χ1) is 13.1. The van der Waals surface area contributed by atoms with Crippen molar-refractivity contribution in [2.24, 2.45) is 11.8 Å². The van der Waals surface area contributed by atoms with Crippen LogP contribution >= 0.6 is 0 Å². The fraction of sp³-hybridized carbons (Fsp3) is 0.727. The van der Waals surface area contributed by atoms with Gasteiger partial charge in [0.25, 0.3) is 0 Å². The summed E-state index contributed by atoms with van der Waals surface area (Å²) in [6.07, 6.45) is 3.65. The monoisotopic (exact) mass is 377 g/mol. The minimum Gasteiger partial charge on any atom is -0.493 e. The molecule has 1 aromatic rings. The van der Waals surface area contributed by atoms with Gasteiger partial charge < -0.3 is 14.6 Å². The van der Waals surface area contributed by atoms with E-state index in [0.29, 0.717) is 36.7 Å². The van der Waals surface area contributed by atoms with Gasteiger partial charge in [0.1, 0.15) is 5.75 Å². The molecule has 0 bridgehead atoms. The maximum Gasteiger partial charge on any atom is 0.125 e. The number of hydrogen-bond acceptors (Lipinski definition) is 4. The normalized spacial score (nSPS) is 29.7. The van der Waals surface area contributed by atoms with E-state index in [1.807, 2.05) is 0 Å². The van der Waals surface area contributed by atoms with Gasteiger partial charge in [-0.25, -0.2) is 0 Å². The lowest BCUT2D eigenvalue weighted by atomic mass is 9.74. The number of ether oxygens (including phenoxy) is 2. The average molecular weight is 378 g/mol. The van der Waals surface area contributed by atoms with Crippen LogP contribution in [-0.2, 0) is 17.8 Å². The van der Waals surface area contributed by atoms with Crippen molar-refractivity contribution < 1.29 is 19.0 Å². The van der Waals surface area contributed by atoms with Crippen LogP contribution < -0.4 is 4.74 Å². The Bertz CT molecular complexity index is 674. The van der Waals surface area contributed by atoms with Crippen LogP contribution in [0.25, 0.3) is 0 Å².